The molecule has 1 aromatic rings. The van der Waals surface area contributed by atoms with Crippen molar-refractivity contribution < 1.29 is 9.63 Å². The van der Waals surface area contributed by atoms with Gasteiger partial charge < -0.3 is 9.40 Å². The molecule has 0 aliphatic carbocycles. The molecule has 1 aromatic carbocycles. The molecule has 0 bridgehead atoms. The van der Waals surface area contributed by atoms with E-state index in [1.807, 2.05) is 28.8 Å². The predicted molar refractivity (Wildman–Crippen MR) is 84.7 cm³/mol. The summed E-state index contributed by atoms with van der Waals surface area (Å²) in [6, 6.07) is 7.80. The summed E-state index contributed by atoms with van der Waals surface area (Å²) in [7, 11) is -0.539. The Hall–Kier alpha value is -1.62. The van der Waals surface area contributed by atoms with E-state index in [1.165, 1.54) is 7.11 Å². The maximum Gasteiger partial charge on any atom is 0.273 e. The molecule has 20 heavy (non-hydrogen) atoms. The molecule has 5 heteroatoms. The first-order chi connectivity index (χ1) is 9.21. The molecule has 1 aliphatic heterocycles. The van der Waals surface area contributed by atoms with Crippen LogP contribution in [0.15, 0.2) is 29.4 Å². The number of benzene rings is 1. The summed E-state index contributed by atoms with van der Waals surface area (Å²) in [5.74, 6) is -0.0420. The molecule has 1 aliphatic rings. The minimum Gasteiger partial charge on any atom is -0.398 e. The summed E-state index contributed by atoms with van der Waals surface area (Å²) < 4.78 is 1.97. The average Bonchev–Trinajstić information content (AvgIpc) is 2.62. The van der Waals surface area contributed by atoms with Crippen molar-refractivity contribution in [1.29, 1.82) is 0 Å². The normalized spacial score (nSPS) is 17.6. The first-order valence-corrected chi connectivity index (χ1v) is 9.71. The number of fused-ring (bicyclic) bond motifs is 1. The van der Waals surface area contributed by atoms with E-state index in [2.05, 4.69) is 39.0 Å². The van der Waals surface area contributed by atoms with Crippen molar-refractivity contribution in [2.24, 2.45) is 5.16 Å². The molecular weight excluding hydrogens is 268 g/mol. The maximum atomic E-state index is 12.8. The third-order valence-corrected chi connectivity index (χ3v) is 9.62. The topological polar surface area (TPSA) is 41.9 Å². The Morgan fingerprint density at radius 1 is 1.20 bits per heavy atom. The van der Waals surface area contributed by atoms with Gasteiger partial charge in [-0.05, 0) is 11.1 Å². The van der Waals surface area contributed by atoms with Crippen LogP contribution in [0.1, 0.15) is 26.3 Å². The van der Waals surface area contributed by atoms with Crippen LogP contribution in [0.2, 0.25) is 18.1 Å². The average molecular weight is 290 g/mol. The van der Waals surface area contributed by atoms with Crippen molar-refractivity contribution in [3.8, 4) is 0 Å². The quantitative estimate of drug-likeness (QED) is 0.619. The fourth-order valence-electron chi connectivity index (χ4n) is 2.27. The fraction of sp³-hybridized carbons (Fsp3) is 0.467. The van der Waals surface area contributed by atoms with Crippen molar-refractivity contribution in [3.05, 3.63) is 29.8 Å². The third kappa shape index (κ3) is 2.06. The molecule has 0 N–H and O–H groups in total. The number of oxime groups is 1. The summed E-state index contributed by atoms with van der Waals surface area (Å²) in [6.45, 7) is 11.0. The second-order valence-corrected chi connectivity index (χ2v) is 11.7. The number of amides is 1. The van der Waals surface area contributed by atoms with E-state index < -0.39 is 8.24 Å². The number of hydrogen-bond donors (Lipinski definition) is 0. The van der Waals surface area contributed by atoms with Gasteiger partial charge in [0.2, 0.25) is 0 Å². The zero-order valence-electron chi connectivity index (χ0n) is 13.0. The minimum absolute atomic E-state index is 0.0420. The molecule has 0 saturated carbocycles. The Morgan fingerprint density at radius 2 is 1.80 bits per heavy atom. The lowest BCUT2D eigenvalue weighted by molar-refractivity contribution is -0.111. The number of nitrogens with zero attached hydrogens (tertiary/aromatic N) is 2. The highest BCUT2D eigenvalue weighted by molar-refractivity contribution is 6.90. The fourth-order valence-corrected chi connectivity index (χ4v) is 4.35. The molecule has 1 heterocycles. The number of para-hydroxylation sites is 1. The van der Waals surface area contributed by atoms with E-state index in [0.717, 1.165) is 11.3 Å². The Kier molecular flexibility index (Phi) is 3.50. The molecule has 0 spiro atoms. The first-order valence-electron chi connectivity index (χ1n) is 6.77. The Morgan fingerprint density at radius 3 is 2.35 bits per heavy atom. The van der Waals surface area contributed by atoms with E-state index in [0.29, 0.717) is 5.71 Å². The lowest BCUT2D eigenvalue weighted by Crippen LogP contribution is -2.57. The van der Waals surface area contributed by atoms with Gasteiger partial charge in [-0.3, -0.25) is 4.79 Å². The van der Waals surface area contributed by atoms with Gasteiger partial charge in [0.25, 0.3) is 5.91 Å². The Balaban J connectivity index is 2.63. The summed E-state index contributed by atoms with van der Waals surface area (Å²) in [4.78, 5) is 17.7. The largest absolute Gasteiger partial charge is 0.398 e. The zero-order valence-corrected chi connectivity index (χ0v) is 14.0. The van der Waals surface area contributed by atoms with Crippen LogP contribution in [0, 0.1) is 0 Å². The highest BCUT2D eigenvalue weighted by atomic mass is 28.3. The summed E-state index contributed by atoms with van der Waals surface area (Å²) in [6.07, 6.45) is 0. The van der Waals surface area contributed by atoms with E-state index in [-0.39, 0.29) is 10.9 Å². The lowest BCUT2D eigenvalue weighted by Gasteiger charge is -2.43. The second-order valence-electron chi connectivity index (χ2n) is 6.59. The highest BCUT2D eigenvalue weighted by Crippen LogP contribution is 2.44. The second kappa shape index (κ2) is 4.73. The van der Waals surface area contributed by atoms with Crippen LogP contribution in [0.5, 0.6) is 0 Å². The van der Waals surface area contributed by atoms with Gasteiger partial charge in [0.1, 0.15) is 7.11 Å². The van der Waals surface area contributed by atoms with Gasteiger partial charge in [0.05, 0.1) is 0 Å². The molecule has 2 rings (SSSR count). The standard InChI is InChI=1S/C15H22N2O2Si/c1-15(2,3)20(5,6)17-12-10-8-7-9-11(12)13(14(17)18)16-19-4/h7-10H,1-6H3/b16-13+. The van der Waals surface area contributed by atoms with Crippen LogP contribution in [0.3, 0.4) is 0 Å². The molecular formula is C15H22N2O2Si. The van der Waals surface area contributed by atoms with Crippen LogP contribution in [-0.2, 0) is 9.63 Å². The molecule has 4 nitrogen and oxygen atoms in total. The monoisotopic (exact) mass is 290 g/mol. The van der Waals surface area contributed by atoms with Crippen LogP contribution >= 0.6 is 0 Å². The van der Waals surface area contributed by atoms with Gasteiger partial charge in [-0.25, -0.2) is 0 Å². The Bertz CT molecular complexity index is 573. The maximum absolute atomic E-state index is 12.8. The van der Waals surface area contributed by atoms with Crippen molar-refractivity contribution in [3.63, 3.8) is 0 Å². The van der Waals surface area contributed by atoms with Gasteiger partial charge in [0, 0.05) is 11.3 Å². The molecule has 0 atom stereocenters. The molecule has 108 valence electrons. The van der Waals surface area contributed by atoms with Gasteiger partial charge >= 0.3 is 0 Å². The van der Waals surface area contributed by atoms with E-state index in [9.17, 15) is 4.79 Å². The molecule has 0 radical (unpaired) electrons. The number of rotatable bonds is 2. The van der Waals surface area contributed by atoms with Gasteiger partial charge in [-0.2, -0.15) is 0 Å². The molecule has 0 unspecified atom stereocenters. The molecule has 0 aromatic heterocycles. The van der Waals surface area contributed by atoms with Gasteiger partial charge in [0.15, 0.2) is 13.9 Å². The highest BCUT2D eigenvalue weighted by Gasteiger charge is 2.49. The van der Waals surface area contributed by atoms with Gasteiger partial charge in [-0.15, -0.1) is 0 Å². The first kappa shape index (κ1) is 14.8. The van der Waals surface area contributed by atoms with Crippen LogP contribution in [-0.4, -0.2) is 27.0 Å². The number of carbonyl (C=O) groups excluding carboxylic acids is 1. The molecule has 0 fully saturated rings. The smallest absolute Gasteiger partial charge is 0.273 e. The lowest BCUT2D eigenvalue weighted by atomic mass is 10.1. The van der Waals surface area contributed by atoms with E-state index >= 15 is 0 Å². The van der Waals surface area contributed by atoms with Crippen molar-refractivity contribution >= 4 is 25.5 Å². The van der Waals surface area contributed by atoms with E-state index in [4.69, 9.17) is 4.84 Å². The summed E-state index contributed by atoms with van der Waals surface area (Å²) in [5, 5.41) is 4.01. The van der Waals surface area contributed by atoms with Crippen LogP contribution in [0.25, 0.3) is 0 Å². The summed E-state index contributed by atoms with van der Waals surface area (Å²) in [5.41, 5.74) is 2.23. The third-order valence-electron chi connectivity index (χ3n) is 4.38. The van der Waals surface area contributed by atoms with Gasteiger partial charge in [-0.1, -0.05) is 57.2 Å². The van der Waals surface area contributed by atoms with E-state index in [1.54, 1.807) is 0 Å². The predicted octanol–water partition coefficient (Wildman–Crippen LogP) is 3.39. The SMILES string of the molecule is CO/N=C1/C(=O)N([Si](C)(C)C(C)(C)C)c2ccccc21. The number of anilines is 1. The van der Waals surface area contributed by atoms with Crippen molar-refractivity contribution in [2.75, 3.05) is 11.7 Å². The summed E-state index contributed by atoms with van der Waals surface area (Å²) >= 11 is 0. The van der Waals surface area contributed by atoms with Crippen molar-refractivity contribution in [1.82, 2.24) is 0 Å². The zero-order chi connectivity index (χ0) is 15.1. The van der Waals surface area contributed by atoms with Crippen LogP contribution in [0.4, 0.5) is 5.69 Å². The van der Waals surface area contributed by atoms with Crippen molar-refractivity contribution in [2.45, 2.75) is 38.9 Å². The van der Waals surface area contributed by atoms with Crippen LogP contribution < -0.4 is 4.57 Å². The molecule has 1 amide bonds. The number of hydrogen-bond acceptors (Lipinski definition) is 3. The molecule has 0 saturated heterocycles. The Labute approximate surface area is 121 Å². The minimum atomic E-state index is -2.01. The number of carbonyl (C=O) groups is 1.